The lowest BCUT2D eigenvalue weighted by Crippen LogP contribution is -2.36. The van der Waals surface area contributed by atoms with Gasteiger partial charge in [0.25, 0.3) is 0 Å². The van der Waals surface area contributed by atoms with Crippen LogP contribution < -0.4 is 5.32 Å². The van der Waals surface area contributed by atoms with Crippen LogP contribution in [0.5, 0.6) is 0 Å². The first-order chi connectivity index (χ1) is 11.9. The van der Waals surface area contributed by atoms with Gasteiger partial charge in [0.15, 0.2) is 0 Å². The summed E-state index contributed by atoms with van der Waals surface area (Å²) in [7, 11) is 0. The van der Waals surface area contributed by atoms with Gasteiger partial charge in [0.05, 0.1) is 0 Å². The molecule has 2 aromatic carbocycles. The predicted molar refractivity (Wildman–Crippen MR) is 91.7 cm³/mol. The van der Waals surface area contributed by atoms with Crippen molar-refractivity contribution in [2.45, 2.75) is 25.7 Å². The van der Waals surface area contributed by atoms with Crippen LogP contribution in [-0.4, -0.2) is 29.0 Å². The van der Waals surface area contributed by atoms with Crippen LogP contribution in [-0.2, 0) is 11.3 Å². The third-order valence-corrected chi connectivity index (χ3v) is 4.04. The van der Waals surface area contributed by atoms with Crippen molar-refractivity contribution in [3.05, 3.63) is 70.0 Å². The largest absolute Gasteiger partial charge is 0.445 e. The predicted octanol–water partition coefficient (Wildman–Crippen LogP) is 3.11. The number of nitrogens with one attached hydrogen (secondary N) is 1. The second-order valence-corrected chi connectivity index (χ2v) is 5.98. The molecular weight excluding hydrogens is 349 g/mol. The van der Waals surface area contributed by atoms with E-state index in [1.807, 2.05) is 18.2 Å². The number of aryl methyl sites for hydroxylation is 1. The molecule has 2 aromatic rings. The van der Waals surface area contributed by atoms with Crippen LogP contribution in [0.3, 0.4) is 0 Å². The van der Waals surface area contributed by atoms with Crippen molar-refractivity contribution in [3.63, 3.8) is 0 Å². The van der Waals surface area contributed by atoms with Gasteiger partial charge >= 0.3 is 6.09 Å². The molecule has 0 aromatic heterocycles. The Kier molecular flexibility index (Phi) is 6.75. The highest BCUT2D eigenvalue weighted by Crippen LogP contribution is 2.26. The van der Waals surface area contributed by atoms with Crippen molar-refractivity contribution in [1.29, 1.82) is 0 Å². The molecule has 25 heavy (non-hydrogen) atoms. The zero-order valence-electron chi connectivity index (χ0n) is 13.6. The minimum Gasteiger partial charge on any atom is -0.445 e. The van der Waals surface area contributed by atoms with Gasteiger partial charge in [-0.25, -0.2) is 9.18 Å². The van der Waals surface area contributed by atoms with Crippen molar-refractivity contribution < 1.29 is 24.1 Å². The number of ether oxygens (including phenoxy) is 1. The van der Waals surface area contributed by atoms with Gasteiger partial charge in [-0.15, -0.1) is 0 Å². The fraction of sp³-hybridized carbons (Fsp3) is 0.278. The van der Waals surface area contributed by atoms with Crippen molar-refractivity contribution in [2.75, 3.05) is 6.54 Å². The Hall–Kier alpha value is -2.15. The highest BCUT2D eigenvalue weighted by atomic mass is 35.5. The van der Waals surface area contributed by atoms with Crippen molar-refractivity contribution in [1.82, 2.24) is 5.32 Å². The zero-order valence-corrected chi connectivity index (χ0v) is 14.3. The number of hydrogen-bond donors (Lipinski definition) is 3. The van der Waals surface area contributed by atoms with E-state index >= 15 is 0 Å². The van der Waals surface area contributed by atoms with Gasteiger partial charge in [0.2, 0.25) is 0 Å². The molecule has 0 aliphatic carbocycles. The van der Waals surface area contributed by atoms with Crippen LogP contribution in [0.4, 0.5) is 9.18 Å². The van der Waals surface area contributed by atoms with Crippen molar-refractivity contribution in [3.8, 4) is 0 Å². The Morgan fingerprint density at radius 2 is 1.96 bits per heavy atom. The molecule has 0 radical (unpaired) electrons. The molecule has 0 aliphatic rings. The highest BCUT2D eigenvalue weighted by molar-refractivity contribution is 6.31. The van der Waals surface area contributed by atoms with Crippen LogP contribution in [0, 0.1) is 12.7 Å². The molecule has 0 saturated carbocycles. The molecule has 0 saturated heterocycles. The summed E-state index contributed by atoms with van der Waals surface area (Å²) >= 11 is 5.80. The van der Waals surface area contributed by atoms with E-state index in [9.17, 15) is 19.4 Å². The summed E-state index contributed by atoms with van der Waals surface area (Å²) in [6.45, 7) is 1.44. The SMILES string of the molecule is Cc1cc(C(O)C(O)CNC(=O)OCc2ccccc2)c(F)cc1Cl. The van der Waals surface area contributed by atoms with Crippen molar-refractivity contribution in [2.24, 2.45) is 0 Å². The minimum atomic E-state index is -1.51. The molecule has 3 N–H and O–H groups in total. The molecule has 7 heteroatoms. The molecule has 2 atom stereocenters. The number of aliphatic hydroxyl groups is 2. The van der Waals surface area contributed by atoms with Gasteiger partial charge < -0.3 is 20.3 Å². The maximum absolute atomic E-state index is 13.9. The fourth-order valence-electron chi connectivity index (χ4n) is 2.19. The molecule has 0 heterocycles. The van der Waals surface area contributed by atoms with Crippen LogP contribution >= 0.6 is 11.6 Å². The second-order valence-electron chi connectivity index (χ2n) is 5.58. The Morgan fingerprint density at radius 3 is 2.64 bits per heavy atom. The summed E-state index contributed by atoms with van der Waals surface area (Å²) in [4.78, 5) is 11.6. The topological polar surface area (TPSA) is 78.8 Å². The van der Waals surface area contributed by atoms with E-state index in [2.05, 4.69) is 5.32 Å². The molecule has 0 fully saturated rings. The van der Waals surface area contributed by atoms with Gasteiger partial charge in [-0.1, -0.05) is 41.9 Å². The molecule has 2 unspecified atom stereocenters. The quantitative estimate of drug-likeness (QED) is 0.733. The number of hydrogen-bond acceptors (Lipinski definition) is 4. The Labute approximate surface area is 150 Å². The highest BCUT2D eigenvalue weighted by Gasteiger charge is 2.23. The molecule has 5 nitrogen and oxygen atoms in total. The zero-order chi connectivity index (χ0) is 18.4. The number of carbonyl (C=O) groups excluding carboxylic acids is 1. The molecule has 0 aliphatic heterocycles. The van der Waals surface area contributed by atoms with Gasteiger partial charge in [-0.05, 0) is 30.2 Å². The minimum absolute atomic E-state index is 0.0797. The molecule has 134 valence electrons. The normalized spacial score (nSPS) is 13.2. The Bertz CT molecular complexity index is 727. The summed E-state index contributed by atoms with van der Waals surface area (Å²) in [6, 6.07) is 11.5. The maximum Gasteiger partial charge on any atom is 0.407 e. The average molecular weight is 368 g/mol. The van der Waals surface area contributed by atoms with Crippen LogP contribution in [0.1, 0.15) is 22.8 Å². The average Bonchev–Trinajstić information content (AvgIpc) is 2.61. The molecule has 2 rings (SSSR count). The summed E-state index contributed by atoms with van der Waals surface area (Å²) in [5, 5.41) is 22.6. The molecule has 1 amide bonds. The van der Waals surface area contributed by atoms with E-state index < -0.39 is 24.1 Å². The number of rotatable bonds is 6. The molecule has 0 spiro atoms. The summed E-state index contributed by atoms with van der Waals surface area (Å²) in [5.41, 5.74) is 1.30. The first-order valence-corrected chi connectivity index (χ1v) is 8.02. The van der Waals surface area contributed by atoms with Gasteiger partial charge in [0.1, 0.15) is 24.6 Å². The summed E-state index contributed by atoms with van der Waals surface area (Å²) < 4.78 is 18.9. The standard InChI is InChI=1S/C18H19ClFNO4/c1-11-7-13(15(20)8-14(11)19)17(23)16(22)9-21-18(24)25-10-12-5-3-2-4-6-12/h2-8,16-17,22-23H,9-10H2,1H3,(H,21,24). The third-order valence-electron chi connectivity index (χ3n) is 3.63. The monoisotopic (exact) mass is 367 g/mol. The van der Waals surface area contributed by atoms with Gasteiger partial charge in [-0.2, -0.15) is 0 Å². The van der Waals surface area contributed by atoms with E-state index in [1.54, 1.807) is 19.1 Å². The number of aliphatic hydroxyl groups excluding tert-OH is 2. The third kappa shape index (κ3) is 5.42. The lowest BCUT2D eigenvalue weighted by Gasteiger charge is -2.20. The Morgan fingerprint density at radius 1 is 1.28 bits per heavy atom. The number of benzene rings is 2. The molecule has 0 bridgehead atoms. The lowest BCUT2D eigenvalue weighted by molar-refractivity contribution is 0.0164. The smallest absolute Gasteiger partial charge is 0.407 e. The first kappa shape index (κ1) is 19.2. The number of amides is 1. The van der Waals surface area contributed by atoms with E-state index in [-0.39, 0.29) is 23.7 Å². The number of carbonyl (C=O) groups is 1. The van der Waals surface area contributed by atoms with Crippen LogP contribution in [0.25, 0.3) is 0 Å². The lowest BCUT2D eigenvalue weighted by atomic mass is 10.0. The summed E-state index contributed by atoms with van der Waals surface area (Å²) in [5.74, 6) is -0.728. The van der Waals surface area contributed by atoms with E-state index in [0.717, 1.165) is 11.6 Å². The van der Waals surface area contributed by atoms with Crippen LogP contribution in [0.2, 0.25) is 5.02 Å². The van der Waals surface area contributed by atoms with Gasteiger partial charge in [-0.3, -0.25) is 0 Å². The van der Waals surface area contributed by atoms with Gasteiger partial charge in [0, 0.05) is 17.1 Å². The first-order valence-electron chi connectivity index (χ1n) is 7.64. The fourth-order valence-corrected chi connectivity index (χ4v) is 2.34. The van der Waals surface area contributed by atoms with E-state index in [4.69, 9.17) is 16.3 Å². The number of halogens is 2. The summed E-state index contributed by atoms with van der Waals surface area (Å²) in [6.07, 6.45) is -3.66. The van der Waals surface area contributed by atoms with Crippen molar-refractivity contribution >= 4 is 17.7 Å². The van der Waals surface area contributed by atoms with E-state index in [1.165, 1.54) is 6.07 Å². The second kappa shape index (κ2) is 8.80. The molecular formula is C18H19ClFNO4. The maximum atomic E-state index is 13.9. The van der Waals surface area contributed by atoms with E-state index in [0.29, 0.717) is 5.56 Å². The van der Waals surface area contributed by atoms with Crippen LogP contribution in [0.15, 0.2) is 42.5 Å². The number of alkyl carbamates (subject to hydrolysis) is 1. The Balaban J connectivity index is 1.86.